The second-order valence-electron chi connectivity index (χ2n) is 6.59. The number of aryl methyl sites for hydroxylation is 2. The molecule has 1 aliphatic carbocycles. The van der Waals surface area contributed by atoms with Gasteiger partial charge in [0.1, 0.15) is 0 Å². The number of nitrogens with zero attached hydrogens (tertiary/aromatic N) is 2. The van der Waals surface area contributed by atoms with Crippen molar-refractivity contribution < 1.29 is 5.11 Å². The van der Waals surface area contributed by atoms with Gasteiger partial charge in [0.05, 0.1) is 17.3 Å². The summed E-state index contributed by atoms with van der Waals surface area (Å²) in [4.78, 5) is 0. The lowest BCUT2D eigenvalue weighted by Crippen LogP contribution is -2.54. The first-order valence-electron chi connectivity index (χ1n) is 7.99. The molecule has 1 saturated carbocycles. The van der Waals surface area contributed by atoms with Crippen molar-refractivity contribution in [2.24, 2.45) is 13.0 Å². The normalized spacial score (nSPS) is 25.9. The Balaban J connectivity index is 1.90. The number of aliphatic hydroxyl groups is 1. The topological polar surface area (TPSA) is 50.1 Å². The van der Waals surface area contributed by atoms with Crippen molar-refractivity contribution >= 4 is 11.8 Å². The molecule has 1 aromatic heterocycles. The van der Waals surface area contributed by atoms with Crippen molar-refractivity contribution in [1.29, 1.82) is 0 Å². The first kappa shape index (κ1) is 16.8. The summed E-state index contributed by atoms with van der Waals surface area (Å²) in [6, 6.07) is 2.57. The van der Waals surface area contributed by atoms with Gasteiger partial charge in [-0.05, 0) is 43.9 Å². The SMILES string of the molecule is Cc1cc(SCCC2CCCC2(CO)NC(C)C)n(C)n1. The summed E-state index contributed by atoms with van der Waals surface area (Å²) in [6.07, 6.45) is 4.70. The van der Waals surface area contributed by atoms with Gasteiger partial charge in [-0.2, -0.15) is 5.10 Å². The predicted molar refractivity (Wildman–Crippen MR) is 88.7 cm³/mol. The Morgan fingerprint density at radius 1 is 1.57 bits per heavy atom. The zero-order chi connectivity index (χ0) is 15.5. The van der Waals surface area contributed by atoms with Crippen molar-refractivity contribution in [2.45, 2.75) is 63.1 Å². The fourth-order valence-electron chi connectivity index (χ4n) is 3.61. The van der Waals surface area contributed by atoms with Gasteiger partial charge >= 0.3 is 0 Å². The first-order chi connectivity index (χ1) is 9.97. The average molecular weight is 311 g/mol. The highest BCUT2D eigenvalue weighted by molar-refractivity contribution is 7.99. The summed E-state index contributed by atoms with van der Waals surface area (Å²) in [5.74, 6) is 1.66. The number of aliphatic hydroxyl groups excluding tert-OH is 1. The van der Waals surface area contributed by atoms with Crippen molar-refractivity contribution in [1.82, 2.24) is 15.1 Å². The van der Waals surface area contributed by atoms with Crippen molar-refractivity contribution in [3.63, 3.8) is 0 Å². The first-order valence-corrected chi connectivity index (χ1v) is 8.97. The number of rotatable bonds is 7. The van der Waals surface area contributed by atoms with Crippen molar-refractivity contribution in [3.05, 3.63) is 11.8 Å². The molecule has 5 heteroatoms. The van der Waals surface area contributed by atoms with Crippen molar-refractivity contribution in [3.8, 4) is 0 Å². The van der Waals surface area contributed by atoms with E-state index in [1.54, 1.807) is 0 Å². The van der Waals surface area contributed by atoms with Gasteiger partial charge in [0, 0.05) is 18.6 Å². The van der Waals surface area contributed by atoms with Crippen LogP contribution in [-0.4, -0.2) is 38.8 Å². The molecule has 4 nitrogen and oxygen atoms in total. The molecule has 0 saturated heterocycles. The summed E-state index contributed by atoms with van der Waals surface area (Å²) < 4.78 is 1.96. The number of aromatic nitrogens is 2. The molecule has 1 aromatic rings. The van der Waals surface area contributed by atoms with Crippen LogP contribution in [0.3, 0.4) is 0 Å². The van der Waals surface area contributed by atoms with E-state index >= 15 is 0 Å². The van der Waals surface area contributed by atoms with Gasteiger partial charge in [-0.3, -0.25) is 4.68 Å². The van der Waals surface area contributed by atoms with Crippen LogP contribution in [0.4, 0.5) is 0 Å². The Morgan fingerprint density at radius 2 is 2.33 bits per heavy atom. The fourth-order valence-corrected chi connectivity index (χ4v) is 4.70. The van der Waals surface area contributed by atoms with Crippen LogP contribution in [0.25, 0.3) is 0 Å². The van der Waals surface area contributed by atoms with Gasteiger partial charge in [-0.15, -0.1) is 11.8 Å². The van der Waals surface area contributed by atoms with E-state index in [-0.39, 0.29) is 12.1 Å². The summed E-state index contributed by atoms with van der Waals surface area (Å²) in [7, 11) is 2.00. The van der Waals surface area contributed by atoms with E-state index in [1.165, 1.54) is 17.9 Å². The second kappa shape index (κ2) is 7.16. The van der Waals surface area contributed by atoms with Gasteiger partial charge in [0.25, 0.3) is 0 Å². The molecule has 0 bridgehead atoms. The maximum Gasteiger partial charge on any atom is 0.0939 e. The molecule has 2 N–H and O–H groups in total. The molecule has 0 radical (unpaired) electrons. The number of hydrogen-bond donors (Lipinski definition) is 2. The minimum absolute atomic E-state index is 0.0584. The summed E-state index contributed by atoms with van der Waals surface area (Å²) in [6.45, 7) is 6.62. The molecule has 0 aliphatic heterocycles. The lowest BCUT2D eigenvalue weighted by molar-refractivity contribution is 0.113. The lowest BCUT2D eigenvalue weighted by Gasteiger charge is -2.37. The molecular formula is C16H29N3OS. The zero-order valence-electron chi connectivity index (χ0n) is 13.7. The quantitative estimate of drug-likeness (QED) is 0.760. The molecular weight excluding hydrogens is 282 g/mol. The monoisotopic (exact) mass is 311 g/mol. The predicted octanol–water partition coefficient (Wildman–Crippen LogP) is 2.74. The minimum atomic E-state index is -0.0584. The number of thioether (sulfide) groups is 1. The van der Waals surface area contributed by atoms with Gasteiger partial charge < -0.3 is 10.4 Å². The highest BCUT2D eigenvalue weighted by Gasteiger charge is 2.42. The van der Waals surface area contributed by atoms with E-state index in [1.807, 2.05) is 30.4 Å². The van der Waals surface area contributed by atoms with Gasteiger partial charge in [-0.1, -0.05) is 20.3 Å². The van der Waals surface area contributed by atoms with E-state index in [4.69, 9.17) is 0 Å². The second-order valence-corrected chi connectivity index (χ2v) is 7.70. The minimum Gasteiger partial charge on any atom is -0.394 e. The Hall–Kier alpha value is -0.520. The lowest BCUT2D eigenvalue weighted by atomic mass is 9.85. The van der Waals surface area contributed by atoms with E-state index in [9.17, 15) is 5.11 Å². The molecule has 21 heavy (non-hydrogen) atoms. The standard InChI is InChI=1S/C16H29N3OS/c1-12(2)17-16(11-20)8-5-6-14(16)7-9-21-15-10-13(3)18-19(15)4/h10,12,14,17,20H,5-9,11H2,1-4H3. The van der Waals surface area contributed by atoms with Crippen LogP contribution in [0, 0.1) is 12.8 Å². The average Bonchev–Trinajstić information content (AvgIpc) is 2.94. The van der Waals surface area contributed by atoms with Crippen LogP contribution in [-0.2, 0) is 7.05 Å². The van der Waals surface area contributed by atoms with Gasteiger partial charge in [0.2, 0.25) is 0 Å². The van der Waals surface area contributed by atoms with Crippen LogP contribution in [0.2, 0.25) is 0 Å². The van der Waals surface area contributed by atoms with Gasteiger partial charge in [-0.25, -0.2) is 0 Å². The molecule has 120 valence electrons. The maximum absolute atomic E-state index is 9.92. The molecule has 0 amide bonds. The molecule has 2 atom stereocenters. The smallest absolute Gasteiger partial charge is 0.0939 e. The maximum atomic E-state index is 9.92. The Labute approximate surface area is 132 Å². The van der Waals surface area contributed by atoms with E-state index in [2.05, 4.69) is 30.3 Å². The molecule has 2 rings (SSSR count). The molecule has 2 unspecified atom stereocenters. The largest absolute Gasteiger partial charge is 0.394 e. The number of nitrogens with one attached hydrogen (secondary N) is 1. The van der Waals surface area contributed by atoms with Crippen LogP contribution in [0.15, 0.2) is 11.1 Å². The summed E-state index contributed by atoms with van der Waals surface area (Å²) >= 11 is 1.88. The van der Waals surface area contributed by atoms with E-state index in [0.717, 1.165) is 24.3 Å². The molecule has 1 fully saturated rings. The highest BCUT2D eigenvalue weighted by atomic mass is 32.2. The molecule has 1 aliphatic rings. The fraction of sp³-hybridized carbons (Fsp3) is 0.812. The third kappa shape index (κ3) is 4.02. The number of hydrogen-bond acceptors (Lipinski definition) is 4. The Bertz CT molecular complexity index is 460. The Morgan fingerprint density at radius 3 is 2.90 bits per heavy atom. The Kier molecular flexibility index (Phi) is 5.74. The van der Waals surface area contributed by atoms with Gasteiger partial charge in [0.15, 0.2) is 0 Å². The van der Waals surface area contributed by atoms with Crippen LogP contribution < -0.4 is 5.32 Å². The summed E-state index contributed by atoms with van der Waals surface area (Å²) in [5.41, 5.74) is 1.02. The third-order valence-electron chi connectivity index (χ3n) is 4.49. The van der Waals surface area contributed by atoms with Crippen molar-refractivity contribution in [2.75, 3.05) is 12.4 Å². The highest BCUT2D eigenvalue weighted by Crippen LogP contribution is 2.39. The molecule has 0 spiro atoms. The zero-order valence-corrected chi connectivity index (χ0v) is 14.5. The summed E-state index contributed by atoms with van der Waals surface area (Å²) in [5, 5.41) is 19.2. The van der Waals surface area contributed by atoms with Crippen LogP contribution >= 0.6 is 11.8 Å². The third-order valence-corrected chi connectivity index (χ3v) is 5.61. The molecule has 0 aromatic carbocycles. The van der Waals surface area contributed by atoms with Crippen LogP contribution in [0.5, 0.6) is 0 Å². The van der Waals surface area contributed by atoms with E-state index in [0.29, 0.717) is 12.0 Å². The van der Waals surface area contributed by atoms with Crippen LogP contribution in [0.1, 0.15) is 45.2 Å². The van der Waals surface area contributed by atoms with E-state index < -0.39 is 0 Å². The molecule has 1 heterocycles.